The summed E-state index contributed by atoms with van der Waals surface area (Å²) in [7, 11) is -3.67. The van der Waals surface area contributed by atoms with Crippen LogP contribution in [0.1, 0.15) is 10.4 Å². The van der Waals surface area contributed by atoms with Gasteiger partial charge < -0.3 is 14.8 Å². The van der Waals surface area contributed by atoms with E-state index in [0.29, 0.717) is 29.4 Å². The van der Waals surface area contributed by atoms with Crippen LogP contribution in [-0.2, 0) is 10.0 Å². The van der Waals surface area contributed by atoms with E-state index >= 15 is 0 Å². The molecule has 1 unspecified atom stereocenters. The van der Waals surface area contributed by atoms with Crippen LogP contribution in [0.25, 0.3) is 0 Å². The van der Waals surface area contributed by atoms with E-state index in [-0.39, 0.29) is 22.8 Å². The molecule has 150 valence electrons. The smallest absolute Gasteiger partial charge is 0.271 e. The lowest BCUT2D eigenvalue weighted by Crippen LogP contribution is -2.40. The molecule has 1 aromatic heterocycles. The van der Waals surface area contributed by atoms with Crippen molar-refractivity contribution in [3.63, 3.8) is 0 Å². The number of anilines is 1. The Morgan fingerprint density at radius 3 is 2.69 bits per heavy atom. The lowest BCUT2D eigenvalue weighted by molar-refractivity contribution is 0.0789. The molecule has 3 aromatic rings. The number of ether oxygens (including phenoxy) is 2. The van der Waals surface area contributed by atoms with E-state index < -0.39 is 10.0 Å². The lowest BCUT2D eigenvalue weighted by atomic mass is 10.2. The Morgan fingerprint density at radius 1 is 1.07 bits per heavy atom. The maximum atomic E-state index is 12.5. The molecule has 1 aliphatic heterocycles. The number of amides is 1. The minimum absolute atomic E-state index is 0.210. The van der Waals surface area contributed by atoms with Gasteiger partial charge in [0.25, 0.3) is 15.9 Å². The molecule has 0 saturated carbocycles. The predicted molar refractivity (Wildman–Crippen MR) is 110 cm³/mol. The molecular weight excluding hydrogens is 412 g/mol. The molecule has 0 spiro atoms. The van der Waals surface area contributed by atoms with E-state index in [4.69, 9.17) is 9.47 Å². The van der Waals surface area contributed by atoms with Crippen LogP contribution in [0.2, 0.25) is 0 Å². The Balaban J connectivity index is 1.38. The topological polar surface area (TPSA) is 93.7 Å². The summed E-state index contributed by atoms with van der Waals surface area (Å²) in [5.41, 5.74) is 0.658. The Bertz CT molecular complexity index is 1110. The Kier molecular flexibility index (Phi) is 5.41. The van der Waals surface area contributed by atoms with Crippen LogP contribution in [-0.4, -0.2) is 33.6 Å². The van der Waals surface area contributed by atoms with Crippen molar-refractivity contribution < 1.29 is 22.7 Å². The molecule has 4 rings (SSSR count). The summed E-state index contributed by atoms with van der Waals surface area (Å²) in [6.45, 7) is 0.594. The van der Waals surface area contributed by atoms with E-state index in [0.717, 1.165) is 11.3 Å². The van der Waals surface area contributed by atoms with Gasteiger partial charge >= 0.3 is 0 Å². The minimum atomic E-state index is -3.67. The third-order valence-electron chi connectivity index (χ3n) is 4.19. The molecule has 0 radical (unpaired) electrons. The summed E-state index contributed by atoms with van der Waals surface area (Å²) in [6.07, 6.45) is -0.311. The first-order chi connectivity index (χ1) is 14.0. The number of rotatable bonds is 6. The first kappa shape index (κ1) is 19.3. The number of hydrogen-bond donors (Lipinski definition) is 2. The van der Waals surface area contributed by atoms with Crippen molar-refractivity contribution in [3.8, 4) is 11.5 Å². The normalized spacial score (nSPS) is 15.5. The average Bonchev–Trinajstić information content (AvgIpc) is 3.28. The first-order valence-electron chi connectivity index (χ1n) is 8.84. The Labute approximate surface area is 172 Å². The zero-order valence-electron chi connectivity index (χ0n) is 15.2. The van der Waals surface area contributed by atoms with Gasteiger partial charge in [0, 0.05) is 11.3 Å². The van der Waals surface area contributed by atoms with Crippen LogP contribution in [0, 0.1) is 0 Å². The number of thiophene rings is 1. The van der Waals surface area contributed by atoms with Crippen molar-refractivity contribution in [3.05, 3.63) is 71.6 Å². The highest BCUT2D eigenvalue weighted by molar-refractivity contribution is 7.94. The second kappa shape index (κ2) is 8.14. The molecule has 2 aromatic carbocycles. The fourth-order valence-corrected chi connectivity index (χ4v) is 4.86. The molecule has 9 heteroatoms. The number of para-hydroxylation sites is 2. The highest BCUT2D eigenvalue weighted by Gasteiger charge is 2.21. The lowest BCUT2D eigenvalue weighted by Gasteiger charge is -2.26. The summed E-state index contributed by atoms with van der Waals surface area (Å²) < 4.78 is 38.8. The van der Waals surface area contributed by atoms with E-state index in [1.54, 1.807) is 29.6 Å². The number of carbonyl (C=O) groups excluding carboxylic acids is 1. The molecule has 29 heavy (non-hydrogen) atoms. The minimum Gasteiger partial charge on any atom is -0.486 e. The van der Waals surface area contributed by atoms with Gasteiger partial charge in [0.05, 0.1) is 6.54 Å². The van der Waals surface area contributed by atoms with Gasteiger partial charge in [-0.15, -0.1) is 11.3 Å². The fourth-order valence-electron chi connectivity index (χ4n) is 2.82. The largest absolute Gasteiger partial charge is 0.486 e. The molecular formula is C20H18N2O5S2. The van der Waals surface area contributed by atoms with Gasteiger partial charge in [-0.25, -0.2) is 8.42 Å². The summed E-state index contributed by atoms with van der Waals surface area (Å²) in [4.78, 5) is 12.5. The summed E-state index contributed by atoms with van der Waals surface area (Å²) in [5, 5.41) is 4.49. The third kappa shape index (κ3) is 4.52. The van der Waals surface area contributed by atoms with E-state index in [9.17, 15) is 13.2 Å². The van der Waals surface area contributed by atoms with Gasteiger partial charge in [-0.2, -0.15) is 0 Å². The number of carbonyl (C=O) groups is 1. The van der Waals surface area contributed by atoms with Crippen LogP contribution >= 0.6 is 11.3 Å². The molecule has 2 N–H and O–H groups in total. The third-order valence-corrected chi connectivity index (χ3v) is 6.97. The maximum absolute atomic E-state index is 12.5. The van der Waals surface area contributed by atoms with Crippen LogP contribution in [0.3, 0.4) is 0 Å². The SMILES string of the molecule is O=C(NCC1COc2ccccc2O1)c1cccc(NS(=O)(=O)c2cccs2)c1. The van der Waals surface area contributed by atoms with Crippen molar-refractivity contribution in [1.29, 1.82) is 0 Å². The molecule has 0 aliphatic carbocycles. The number of sulfonamides is 1. The average molecular weight is 431 g/mol. The number of nitrogens with one attached hydrogen (secondary N) is 2. The molecule has 0 fully saturated rings. The van der Waals surface area contributed by atoms with E-state index in [1.807, 2.05) is 24.3 Å². The highest BCUT2D eigenvalue weighted by atomic mass is 32.2. The molecule has 7 nitrogen and oxygen atoms in total. The zero-order valence-corrected chi connectivity index (χ0v) is 16.8. The molecule has 0 bridgehead atoms. The fraction of sp³-hybridized carbons (Fsp3) is 0.150. The van der Waals surface area contributed by atoms with Crippen molar-refractivity contribution in [1.82, 2.24) is 5.32 Å². The predicted octanol–water partition coefficient (Wildman–Crippen LogP) is 3.12. The molecule has 1 atom stereocenters. The monoisotopic (exact) mass is 430 g/mol. The van der Waals surface area contributed by atoms with E-state index in [1.165, 1.54) is 12.1 Å². The highest BCUT2D eigenvalue weighted by Crippen LogP contribution is 2.30. The van der Waals surface area contributed by atoms with Gasteiger partial charge in [0.1, 0.15) is 16.9 Å². The standard InChI is InChI=1S/C20H18N2O5S2/c23-20(21-12-16-13-26-17-7-1-2-8-18(17)27-16)14-5-3-6-15(11-14)22-29(24,25)19-9-4-10-28-19/h1-11,16,22H,12-13H2,(H,21,23). The molecule has 1 aliphatic rings. The Morgan fingerprint density at radius 2 is 1.90 bits per heavy atom. The first-order valence-corrected chi connectivity index (χ1v) is 11.2. The summed E-state index contributed by atoms with van der Waals surface area (Å²) in [5.74, 6) is 0.994. The van der Waals surface area contributed by atoms with Gasteiger partial charge in [-0.05, 0) is 41.8 Å². The van der Waals surface area contributed by atoms with Gasteiger partial charge in [-0.3, -0.25) is 9.52 Å². The molecule has 1 amide bonds. The van der Waals surface area contributed by atoms with Gasteiger partial charge in [0.2, 0.25) is 0 Å². The van der Waals surface area contributed by atoms with Crippen LogP contribution < -0.4 is 19.5 Å². The van der Waals surface area contributed by atoms with Crippen molar-refractivity contribution in [2.45, 2.75) is 10.3 Å². The number of fused-ring (bicyclic) bond motifs is 1. The molecule has 0 saturated heterocycles. The number of hydrogen-bond acceptors (Lipinski definition) is 6. The quantitative estimate of drug-likeness (QED) is 0.627. The zero-order chi connectivity index (χ0) is 20.3. The second-order valence-electron chi connectivity index (χ2n) is 6.33. The maximum Gasteiger partial charge on any atom is 0.271 e. The van der Waals surface area contributed by atoms with Crippen molar-refractivity contribution in [2.75, 3.05) is 17.9 Å². The second-order valence-corrected chi connectivity index (χ2v) is 9.18. The van der Waals surface area contributed by atoms with Crippen LogP contribution in [0.5, 0.6) is 11.5 Å². The van der Waals surface area contributed by atoms with Crippen LogP contribution in [0.15, 0.2) is 70.3 Å². The summed E-state index contributed by atoms with van der Waals surface area (Å²) in [6, 6.07) is 16.9. The summed E-state index contributed by atoms with van der Waals surface area (Å²) >= 11 is 1.12. The Hall–Kier alpha value is -3.04. The van der Waals surface area contributed by atoms with Crippen molar-refractivity contribution in [2.24, 2.45) is 0 Å². The molecule has 2 heterocycles. The number of benzene rings is 2. The van der Waals surface area contributed by atoms with Crippen molar-refractivity contribution >= 4 is 33.0 Å². The van der Waals surface area contributed by atoms with Gasteiger partial charge in [0.15, 0.2) is 11.5 Å². The van der Waals surface area contributed by atoms with E-state index in [2.05, 4.69) is 10.0 Å². The van der Waals surface area contributed by atoms with Gasteiger partial charge in [-0.1, -0.05) is 24.3 Å². The van der Waals surface area contributed by atoms with Crippen LogP contribution in [0.4, 0.5) is 5.69 Å².